The molecule has 0 fully saturated rings. The summed E-state index contributed by atoms with van der Waals surface area (Å²) in [6, 6.07) is 3.24. The molecule has 86 valence electrons. The van der Waals surface area contributed by atoms with Gasteiger partial charge in [-0.3, -0.25) is 4.79 Å². The van der Waals surface area contributed by atoms with Crippen molar-refractivity contribution in [1.82, 2.24) is 0 Å². The smallest absolute Gasteiger partial charge is 0.338 e. The van der Waals surface area contributed by atoms with Crippen LogP contribution < -0.4 is 5.32 Å². The summed E-state index contributed by atoms with van der Waals surface area (Å²) in [5.74, 6) is -0.968. The fraction of sp³-hybridized carbons (Fsp3) is 0.200. The highest BCUT2D eigenvalue weighted by molar-refractivity contribution is 9.10. The molecule has 0 saturated heterocycles. The molecular formula is C10H6BBr2NO3. The number of ether oxygens (including phenoxy) is 1. The van der Waals surface area contributed by atoms with E-state index in [9.17, 15) is 9.59 Å². The number of carbonyl (C=O) groups is 2. The van der Waals surface area contributed by atoms with E-state index in [2.05, 4.69) is 41.9 Å². The van der Waals surface area contributed by atoms with Crippen LogP contribution in [0.1, 0.15) is 15.9 Å². The maximum absolute atomic E-state index is 11.7. The Balaban J connectivity index is 2.72. The van der Waals surface area contributed by atoms with Crippen molar-refractivity contribution in [3.63, 3.8) is 0 Å². The summed E-state index contributed by atoms with van der Waals surface area (Å²) in [5, 5.41) is 2.60. The summed E-state index contributed by atoms with van der Waals surface area (Å²) in [7, 11) is 7.13. The second-order valence-corrected chi connectivity index (χ2v) is 5.70. The molecule has 0 bridgehead atoms. The first-order chi connectivity index (χ1) is 7.87. The SMILES string of the molecule is [B]C1(Br)C(=O)Nc2cc(Br)cc(C(=O)OC)c21. The van der Waals surface area contributed by atoms with Gasteiger partial charge in [0.1, 0.15) is 7.85 Å². The highest BCUT2D eigenvalue weighted by Crippen LogP contribution is 2.43. The van der Waals surface area contributed by atoms with E-state index in [1.54, 1.807) is 12.1 Å². The summed E-state index contributed by atoms with van der Waals surface area (Å²) < 4.78 is 3.91. The predicted molar refractivity (Wildman–Crippen MR) is 70.5 cm³/mol. The molecule has 1 aliphatic heterocycles. The minimum absolute atomic E-state index is 0.245. The number of methoxy groups -OCH3 is 1. The van der Waals surface area contributed by atoms with Crippen molar-refractivity contribution < 1.29 is 14.3 Å². The summed E-state index contributed by atoms with van der Waals surface area (Å²) in [6.07, 6.45) is 0. The minimum atomic E-state index is -1.41. The molecule has 0 saturated carbocycles. The van der Waals surface area contributed by atoms with E-state index in [0.29, 0.717) is 15.7 Å². The Morgan fingerprint density at radius 3 is 2.76 bits per heavy atom. The molecule has 1 amide bonds. The third-order valence-electron chi connectivity index (χ3n) is 2.45. The van der Waals surface area contributed by atoms with Crippen LogP contribution in [0.25, 0.3) is 0 Å². The van der Waals surface area contributed by atoms with E-state index in [0.717, 1.165) is 0 Å². The molecule has 17 heavy (non-hydrogen) atoms. The van der Waals surface area contributed by atoms with Crippen LogP contribution in [0.4, 0.5) is 5.69 Å². The third-order valence-corrected chi connectivity index (χ3v) is 3.67. The molecule has 2 rings (SSSR count). The lowest BCUT2D eigenvalue weighted by atomic mass is 9.79. The van der Waals surface area contributed by atoms with Gasteiger partial charge >= 0.3 is 5.97 Å². The van der Waals surface area contributed by atoms with Crippen molar-refractivity contribution in [3.8, 4) is 0 Å². The van der Waals surface area contributed by atoms with Gasteiger partial charge in [0.2, 0.25) is 5.91 Å². The zero-order valence-electron chi connectivity index (χ0n) is 8.71. The number of rotatable bonds is 1. The number of amides is 1. The number of fused-ring (bicyclic) bond motifs is 1. The minimum Gasteiger partial charge on any atom is -0.465 e. The number of halogens is 2. The van der Waals surface area contributed by atoms with Crippen LogP contribution in [-0.2, 0) is 13.8 Å². The van der Waals surface area contributed by atoms with Crippen LogP contribution in [-0.4, -0.2) is 26.8 Å². The zero-order valence-corrected chi connectivity index (χ0v) is 11.9. The number of carbonyl (C=O) groups excluding carboxylic acids is 2. The predicted octanol–water partition coefficient (Wildman–Crippen LogP) is 1.90. The molecule has 0 spiro atoms. The second-order valence-electron chi connectivity index (χ2n) is 3.53. The molecule has 1 unspecified atom stereocenters. The van der Waals surface area contributed by atoms with Crippen LogP contribution in [0.3, 0.4) is 0 Å². The lowest BCUT2D eigenvalue weighted by Crippen LogP contribution is -2.29. The number of hydrogen-bond acceptors (Lipinski definition) is 3. The monoisotopic (exact) mass is 357 g/mol. The molecule has 1 aromatic carbocycles. The van der Waals surface area contributed by atoms with Crippen molar-refractivity contribution in [3.05, 3.63) is 27.7 Å². The molecular weight excluding hydrogens is 353 g/mol. The third kappa shape index (κ3) is 1.91. The number of alkyl halides is 1. The molecule has 1 atom stereocenters. The standard InChI is InChI=1S/C10H6BBr2NO3/c1-17-8(15)5-2-4(12)3-6-7(5)10(11,13)9(16)14-6/h2-3H,1H3,(H,14,16). The number of anilines is 1. The van der Waals surface area contributed by atoms with Gasteiger partial charge in [-0.05, 0) is 12.1 Å². The first-order valence-corrected chi connectivity index (χ1v) is 6.18. The second kappa shape index (κ2) is 4.13. The highest BCUT2D eigenvalue weighted by Gasteiger charge is 2.43. The van der Waals surface area contributed by atoms with E-state index >= 15 is 0 Å². The van der Waals surface area contributed by atoms with Gasteiger partial charge in [-0.2, -0.15) is 0 Å². The Morgan fingerprint density at radius 2 is 2.18 bits per heavy atom. The highest BCUT2D eigenvalue weighted by atomic mass is 79.9. The van der Waals surface area contributed by atoms with Gasteiger partial charge in [0.15, 0.2) is 0 Å². The molecule has 0 aromatic heterocycles. The van der Waals surface area contributed by atoms with E-state index in [-0.39, 0.29) is 5.56 Å². The fourth-order valence-electron chi connectivity index (χ4n) is 1.70. The van der Waals surface area contributed by atoms with Crippen LogP contribution in [0.2, 0.25) is 0 Å². The van der Waals surface area contributed by atoms with Gasteiger partial charge in [-0.25, -0.2) is 4.79 Å². The molecule has 0 aliphatic carbocycles. The Bertz CT molecular complexity index is 531. The summed E-state index contributed by atoms with van der Waals surface area (Å²) in [4.78, 5) is 23.3. The zero-order chi connectivity index (χ0) is 12.8. The van der Waals surface area contributed by atoms with Gasteiger partial charge in [0, 0.05) is 15.7 Å². The Labute approximate surface area is 116 Å². The average molecular weight is 359 g/mol. The van der Waals surface area contributed by atoms with Crippen molar-refractivity contribution in [2.75, 3.05) is 12.4 Å². The Morgan fingerprint density at radius 1 is 1.53 bits per heavy atom. The molecule has 1 heterocycles. The van der Waals surface area contributed by atoms with E-state index in [4.69, 9.17) is 7.85 Å². The van der Waals surface area contributed by atoms with E-state index in [1.807, 2.05) is 0 Å². The van der Waals surface area contributed by atoms with Crippen molar-refractivity contribution in [1.29, 1.82) is 0 Å². The topological polar surface area (TPSA) is 55.4 Å². The number of nitrogens with one attached hydrogen (secondary N) is 1. The van der Waals surface area contributed by atoms with Crippen LogP contribution in [0.5, 0.6) is 0 Å². The molecule has 7 heteroatoms. The maximum atomic E-state index is 11.7. The van der Waals surface area contributed by atoms with Gasteiger partial charge < -0.3 is 10.1 Å². The fourth-order valence-corrected chi connectivity index (χ4v) is 2.68. The van der Waals surface area contributed by atoms with Gasteiger partial charge in [-0.15, -0.1) is 0 Å². The quantitative estimate of drug-likeness (QED) is 0.474. The van der Waals surface area contributed by atoms with Crippen LogP contribution in [0.15, 0.2) is 16.6 Å². The summed E-state index contributed by atoms with van der Waals surface area (Å²) in [5.41, 5.74) is 1.12. The molecule has 1 aliphatic rings. The lowest BCUT2D eigenvalue weighted by molar-refractivity contribution is -0.116. The van der Waals surface area contributed by atoms with Crippen LogP contribution >= 0.6 is 31.9 Å². The molecule has 1 N–H and O–H groups in total. The normalized spacial score (nSPS) is 21.9. The number of hydrogen-bond donors (Lipinski definition) is 1. The van der Waals surface area contributed by atoms with Crippen LogP contribution in [0, 0.1) is 0 Å². The van der Waals surface area contributed by atoms with Gasteiger partial charge in [0.05, 0.1) is 16.9 Å². The first kappa shape index (κ1) is 12.6. The summed E-state index contributed by atoms with van der Waals surface area (Å²) in [6.45, 7) is 0. The molecule has 4 nitrogen and oxygen atoms in total. The maximum Gasteiger partial charge on any atom is 0.338 e. The lowest BCUT2D eigenvalue weighted by Gasteiger charge is -2.16. The number of benzene rings is 1. The Kier molecular flexibility index (Phi) is 3.07. The van der Waals surface area contributed by atoms with Crippen molar-refractivity contribution in [2.24, 2.45) is 0 Å². The Hall–Kier alpha value is -0.815. The summed E-state index contributed by atoms with van der Waals surface area (Å²) >= 11 is 6.38. The largest absolute Gasteiger partial charge is 0.465 e. The van der Waals surface area contributed by atoms with E-state index in [1.165, 1.54) is 7.11 Å². The van der Waals surface area contributed by atoms with Gasteiger partial charge in [0.25, 0.3) is 0 Å². The number of esters is 1. The first-order valence-electron chi connectivity index (χ1n) is 4.59. The van der Waals surface area contributed by atoms with E-state index < -0.39 is 16.1 Å². The molecule has 1 aromatic rings. The average Bonchev–Trinajstić information content (AvgIpc) is 2.47. The van der Waals surface area contributed by atoms with Crippen molar-refractivity contribution >= 4 is 57.3 Å². The van der Waals surface area contributed by atoms with Gasteiger partial charge in [-0.1, -0.05) is 31.9 Å². The molecule has 2 radical (unpaired) electrons. The van der Waals surface area contributed by atoms with Crippen molar-refractivity contribution in [2.45, 2.75) is 4.22 Å².